The van der Waals surface area contributed by atoms with Crippen LogP contribution < -0.4 is 5.32 Å². The summed E-state index contributed by atoms with van der Waals surface area (Å²) in [5, 5.41) is 17.6. The van der Waals surface area contributed by atoms with Gasteiger partial charge in [-0.15, -0.1) is 0 Å². The molecule has 1 aliphatic rings. The predicted molar refractivity (Wildman–Crippen MR) is 74.9 cm³/mol. The SMILES string of the molecule is OC1CNC(c2nc(Cc3ccc(Cl)c(Cl)c3)no2)C1. The number of nitrogens with one attached hydrogen (secondary N) is 1. The Labute approximate surface area is 125 Å². The van der Waals surface area contributed by atoms with Crippen LogP contribution in [0.2, 0.25) is 10.0 Å². The van der Waals surface area contributed by atoms with E-state index in [9.17, 15) is 5.11 Å². The molecule has 2 atom stereocenters. The highest BCUT2D eigenvalue weighted by molar-refractivity contribution is 6.42. The highest BCUT2D eigenvalue weighted by Crippen LogP contribution is 2.25. The van der Waals surface area contributed by atoms with Gasteiger partial charge in [-0.2, -0.15) is 4.98 Å². The average Bonchev–Trinajstić information content (AvgIpc) is 3.03. The summed E-state index contributed by atoms with van der Waals surface area (Å²) in [5.74, 6) is 1.10. The molecular formula is C13H13Cl2N3O2. The standard InChI is InChI=1S/C13H13Cl2N3O2/c14-9-2-1-7(3-10(9)15)4-12-17-13(20-18-12)11-5-8(19)6-16-11/h1-3,8,11,16,19H,4-6H2. The van der Waals surface area contributed by atoms with E-state index in [-0.39, 0.29) is 12.1 Å². The molecule has 5 nitrogen and oxygen atoms in total. The van der Waals surface area contributed by atoms with Gasteiger partial charge in [0.2, 0.25) is 5.89 Å². The molecule has 0 aliphatic carbocycles. The van der Waals surface area contributed by atoms with Gasteiger partial charge in [0.25, 0.3) is 0 Å². The number of rotatable bonds is 3. The molecule has 0 amide bonds. The monoisotopic (exact) mass is 313 g/mol. The molecule has 7 heteroatoms. The zero-order valence-electron chi connectivity index (χ0n) is 10.5. The van der Waals surface area contributed by atoms with E-state index in [4.69, 9.17) is 27.7 Å². The first-order valence-corrected chi connectivity index (χ1v) is 7.05. The maximum atomic E-state index is 9.48. The van der Waals surface area contributed by atoms with E-state index in [1.165, 1.54) is 0 Å². The van der Waals surface area contributed by atoms with Gasteiger partial charge < -0.3 is 14.9 Å². The lowest BCUT2D eigenvalue weighted by Gasteiger charge is -2.02. The lowest BCUT2D eigenvalue weighted by atomic mass is 10.1. The van der Waals surface area contributed by atoms with Crippen molar-refractivity contribution in [3.63, 3.8) is 0 Å². The van der Waals surface area contributed by atoms with E-state index in [0.29, 0.717) is 41.1 Å². The lowest BCUT2D eigenvalue weighted by molar-refractivity contribution is 0.191. The Balaban J connectivity index is 1.72. The van der Waals surface area contributed by atoms with Crippen molar-refractivity contribution in [2.75, 3.05) is 6.54 Å². The third-order valence-corrected chi connectivity index (χ3v) is 3.97. The van der Waals surface area contributed by atoms with E-state index in [2.05, 4.69) is 15.5 Å². The van der Waals surface area contributed by atoms with Crippen LogP contribution in [0.5, 0.6) is 0 Å². The molecule has 2 unspecified atom stereocenters. The molecule has 2 heterocycles. The van der Waals surface area contributed by atoms with Crippen molar-refractivity contribution < 1.29 is 9.63 Å². The number of halogens is 2. The Bertz CT molecular complexity index is 617. The maximum Gasteiger partial charge on any atom is 0.243 e. The Morgan fingerprint density at radius 2 is 2.20 bits per heavy atom. The molecule has 0 saturated carbocycles. The van der Waals surface area contributed by atoms with Crippen LogP contribution in [0.1, 0.15) is 29.7 Å². The van der Waals surface area contributed by atoms with E-state index in [1.807, 2.05) is 6.07 Å². The molecule has 1 aromatic heterocycles. The smallest absolute Gasteiger partial charge is 0.243 e. The minimum atomic E-state index is -0.356. The summed E-state index contributed by atoms with van der Waals surface area (Å²) >= 11 is 11.8. The highest BCUT2D eigenvalue weighted by atomic mass is 35.5. The van der Waals surface area contributed by atoms with Crippen LogP contribution in [0.25, 0.3) is 0 Å². The number of hydrogen-bond donors (Lipinski definition) is 2. The van der Waals surface area contributed by atoms with Crippen molar-refractivity contribution in [1.82, 2.24) is 15.5 Å². The topological polar surface area (TPSA) is 71.2 Å². The number of aromatic nitrogens is 2. The third-order valence-electron chi connectivity index (χ3n) is 3.24. The quantitative estimate of drug-likeness (QED) is 0.910. The molecule has 1 saturated heterocycles. The summed E-state index contributed by atoms with van der Waals surface area (Å²) in [6.07, 6.45) is 0.759. The second kappa shape index (κ2) is 5.69. The van der Waals surface area contributed by atoms with Crippen LogP contribution in [-0.2, 0) is 6.42 Å². The van der Waals surface area contributed by atoms with Crippen LogP contribution in [0.3, 0.4) is 0 Å². The number of nitrogens with zero attached hydrogens (tertiary/aromatic N) is 2. The number of aliphatic hydroxyl groups excluding tert-OH is 1. The van der Waals surface area contributed by atoms with Gasteiger partial charge in [0.1, 0.15) is 0 Å². The number of β-amino-alcohol motifs (C(OH)–C–C–N with tert-alkyl or cyclic N) is 1. The fourth-order valence-electron chi connectivity index (χ4n) is 2.22. The fraction of sp³-hybridized carbons (Fsp3) is 0.385. The second-order valence-electron chi connectivity index (χ2n) is 4.82. The first-order chi connectivity index (χ1) is 9.61. The van der Waals surface area contributed by atoms with Gasteiger partial charge in [-0.25, -0.2) is 0 Å². The maximum absolute atomic E-state index is 9.48. The summed E-state index contributed by atoms with van der Waals surface area (Å²) < 4.78 is 5.23. The minimum absolute atomic E-state index is 0.0694. The predicted octanol–water partition coefficient (Wildman–Crippen LogP) is 2.36. The number of aliphatic hydroxyl groups is 1. The first kappa shape index (κ1) is 13.8. The van der Waals surface area contributed by atoms with Crippen LogP contribution in [0, 0.1) is 0 Å². The molecule has 1 aromatic carbocycles. The summed E-state index contributed by atoms with van der Waals surface area (Å²) in [6, 6.07) is 5.34. The number of benzene rings is 1. The molecule has 106 valence electrons. The Morgan fingerprint density at radius 3 is 2.90 bits per heavy atom. The van der Waals surface area contributed by atoms with E-state index >= 15 is 0 Å². The normalized spacial score (nSPS) is 22.4. The van der Waals surface area contributed by atoms with Crippen molar-refractivity contribution in [3.8, 4) is 0 Å². The van der Waals surface area contributed by atoms with E-state index < -0.39 is 0 Å². The Morgan fingerprint density at radius 1 is 1.35 bits per heavy atom. The van der Waals surface area contributed by atoms with Gasteiger partial charge >= 0.3 is 0 Å². The molecule has 0 spiro atoms. The fourth-order valence-corrected chi connectivity index (χ4v) is 2.54. The van der Waals surface area contributed by atoms with Crippen molar-refractivity contribution in [1.29, 1.82) is 0 Å². The van der Waals surface area contributed by atoms with Gasteiger partial charge in [0.05, 0.1) is 22.2 Å². The molecule has 0 bridgehead atoms. The zero-order chi connectivity index (χ0) is 14.1. The Kier molecular flexibility index (Phi) is 3.94. The highest BCUT2D eigenvalue weighted by Gasteiger charge is 2.28. The van der Waals surface area contributed by atoms with Crippen LogP contribution in [0.15, 0.2) is 22.7 Å². The summed E-state index contributed by atoms with van der Waals surface area (Å²) in [6.45, 7) is 0.551. The first-order valence-electron chi connectivity index (χ1n) is 6.29. The molecule has 1 fully saturated rings. The van der Waals surface area contributed by atoms with Crippen molar-refractivity contribution in [2.24, 2.45) is 0 Å². The van der Waals surface area contributed by atoms with E-state index in [0.717, 1.165) is 5.56 Å². The third kappa shape index (κ3) is 2.96. The molecule has 1 aliphatic heterocycles. The molecule has 2 aromatic rings. The number of hydrogen-bond acceptors (Lipinski definition) is 5. The van der Waals surface area contributed by atoms with Gasteiger partial charge in [-0.1, -0.05) is 34.4 Å². The molecule has 0 radical (unpaired) electrons. The summed E-state index contributed by atoms with van der Waals surface area (Å²) in [4.78, 5) is 4.35. The van der Waals surface area contributed by atoms with Crippen LogP contribution in [0.4, 0.5) is 0 Å². The largest absolute Gasteiger partial charge is 0.392 e. The van der Waals surface area contributed by atoms with Crippen molar-refractivity contribution in [2.45, 2.75) is 25.0 Å². The second-order valence-corrected chi connectivity index (χ2v) is 5.64. The molecule has 3 rings (SSSR count). The molecule has 2 N–H and O–H groups in total. The zero-order valence-corrected chi connectivity index (χ0v) is 12.0. The Hall–Kier alpha value is -1.14. The summed E-state index contributed by atoms with van der Waals surface area (Å²) in [7, 11) is 0. The molecule has 20 heavy (non-hydrogen) atoms. The molecular weight excluding hydrogens is 301 g/mol. The van der Waals surface area contributed by atoms with E-state index in [1.54, 1.807) is 12.1 Å². The van der Waals surface area contributed by atoms with Crippen molar-refractivity contribution in [3.05, 3.63) is 45.5 Å². The van der Waals surface area contributed by atoms with Gasteiger partial charge in [0, 0.05) is 13.0 Å². The van der Waals surface area contributed by atoms with Gasteiger partial charge in [-0.05, 0) is 24.1 Å². The van der Waals surface area contributed by atoms with Crippen LogP contribution >= 0.6 is 23.2 Å². The van der Waals surface area contributed by atoms with Crippen LogP contribution in [-0.4, -0.2) is 27.9 Å². The van der Waals surface area contributed by atoms with Gasteiger partial charge in [-0.3, -0.25) is 0 Å². The average molecular weight is 314 g/mol. The minimum Gasteiger partial charge on any atom is -0.392 e. The summed E-state index contributed by atoms with van der Waals surface area (Å²) in [5.41, 5.74) is 0.964. The van der Waals surface area contributed by atoms with Crippen molar-refractivity contribution >= 4 is 23.2 Å². The van der Waals surface area contributed by atoms with Gasteiger partial charge in [0.15, 0.2) is 5.82 Å². The lowest BCUT2D eigenvalue weighted by Crippen LogP contribution is -2.15.